The van der Waals surface area contributed by atoms with E-state index >= 15 is 0 Å². The van der Waals surface area contributed by atoms with Gasteiger partial charge >= 0.3 is 0 Å². The number of non-ortho nitro benzene ring substituents is 1. The number of nitrogens with zero attached hydrogens (tertiary/aromatic N) is 1. The Morgan fingerprint density at radius 2 is 2.25 bits per heavy atom. The lowest BCUT2D eigenvalue weighted by molar-refractivity contribution is -0.384. The van der Waals surface area contributed by atoms with Gasteiger partial charge < -0.3 is 5.73 Å². The van der Waals surface area contributed by atoms with Crippen LogP contribution < -0.4 is 5.73 Å². The average molecular weight is 164 g/mol. The summed E-state index contributed by atoms with van der Waals surface area (Å²) in [5.41, 5.74) is 6.58. The van der Waals surface area contributed by atoms with Gasteiger partial charge in [0, 0.05) is 17.8 Å². The summed E-state index contributed by atoms with van der Waals surface area (Å²) < 4.78 is 0. The lowest BCUT2D eigenvalue weighted by atomic mass is 10.1. The van der Waals surface area contributed by atoms with Crippen LogP contribution in [0.5, 0.6) is 0 Å². The average Bonchev–Trinajstić information content (AvgIpc) is 2.04. The highest BCUT2D eigenvalue weighted by atomic mass is 16.6. The van der Waals surface area contributed by atoms with Crippen LogP contribution in [0.4, 0.5) is 11.4 Å². The largest absolute Gasteiger partial charge is 0.398 e. The van der Waals surface area contributed by atoms with Crippen LogP contribution in [0.15, 0.2) is 24.8 Å². The first-order valence-electron chi connectivity index (χ1n) is 3.31. The van der Waals surface area contributed by atoms with Crippen molar-refractivity contribution in [2.24, 2.45) is 0 Å². The van der Waals surface area contributed by atoms with Gasteiger partial charge in [-0.15, -0.1) is 0 Å². The fourth-order valence-corrected chi connectivity index (χ4v) is 0.862. The molecule has 0 unspecified atom stereocenters. The van der Waals surface area contributed by atoms with E-state index in [0.29, 0.717) is 11.3 Å². The molecule has 0 saturated heterocycles. The van der Waals surface area contributed by atoms with Gasteiger partial charge in [-0.05, 0) is 11.6 Å². The number of benzene rings is 1. The summed E-state index contributed by atoms with van der Waals surface area (Å²) in [4.78, 5) is 9.79. The Hall–Kier alpha value is -1.84. The number of nitrogen functional groups attached to an aromatic ring is 1. The molecule has 0 aliphatic rings. The fraction of sp³-hybridized carbons (Fsp3) is 0. The lowest BCUT2D eigenvalue weighted by Crippen LogP contribution is -1.93. The second-order valence-corrected chi connectivity index (χ2v) is 2.27. The van der Waals surface area contributed by atoms with E-state index in [1.165, 1.54) is 12.1 Å². The summed E-state index contributed by atoms with van der Waals surface area (Å²) in [5.74, 6) is 0. The summed E-state index contributed by atoms with van der Waals surface area (Å²) in [7, 11) is 0. The number of hydrogen-bond donors (Lipinski definition) is 1. The van der Waals surface area contributed by atoms with E-state index in [1.54, 1.807) is 12.1 Å². The van der Waals surface area contributed by atoms with Gasteiger partial charge in [0.25, 0.3) is 5.69 Å². The first-order chi connectivity index (χ1) is 5.65. The third-order valence-corrected chi connectivity index (χ3v) is 1.50. The molecule has 0 aromatic heterocycles. The summed E-state index contributed by atoms with van der Waals surface area (Å²) in [6.45, 7) is 3.52. The van der Waals surface area contributed by atoms with Crippen LogP contribution in [0.3, 0.4) is 0 Å². The van der Waals surface area contributed by atoms with Crippen molar-refractivity contribution in [2.75, 3.05) is 5.73 Å². The van der Waals surface area contributed by atoms with Gasteiger partial charge in [-0.1, -0.05) is 12.7 Å². The van der Waals surface area contributed by atoms with E-state index in [0.717, 1.165) is 0 Å². The summed E-state index contributed by atoms with van der Waals surface area (Å²) in [5, 5.41) is 10.3. The summed E-state index contributed by atoms with van der Waals surface area (Å²) in [6, 6.07) is 4.28. The quantitative estimate of drug-likeness (QED) is 0.411. The van der Waals surface area contributed by atoms with Gasteiger partial charge in [0.15, 0.2) is 0 Å². The van der Waals surface area contributed by atoms with Crippen LogP contribution in [0.25, 0.3) is 6.08 Å². The first-order valence-corrected chi connectivity index (χ1v) is 3.31. The molecular weight excluding hydrogens is 156 g/mol. The van der Waals surface area contributed by atoms with E-state index < -0.39 is 4.92 Å². The zero-order valence-electron chi connectivity index (χ0n) is 6.36. The second kappa shape index (κ2) is 3.04. The maximum absolute atomic E-state index is 10.3. The molecule has 4 heteroatoms. The van der Waals surface area contributed by atoms with Gasteiger partial charge in [-0.2, -0.15) is 0 Å². The molecular formula is C8H8N2O2. The zero-order valence-corrected chi connectivity index (χ0v) is 6.36. The van der Waals surface area contributed by atoms with Gasteiger partial charge in [-0.3, -0.25) is 10.1 Å². The molecule has 0 radical (unpaired) electrons. The Labute approximate surface area is 69.5 Å². The topological polar surface area (TPSA) is 69.2 Å². The predicted molar refractivity (Wildman–Crippen MR) is 47.6 cm³/mol. The standard InChI is InChI=1S/C8H8N2O2/c1-2-6-3-4-7(10(11)12)5-8(6)9/h2-5H,1,9H2. The van der Waals surface area contributed by atoms with Crippen LogP contribution in [0.1, 0.15) is 5.56 Å². The van der Waals surface area contributed by atoms with E-state index in [2.05, 4.69) is 6.58 Å². The van der Waals surface area contributed by atoms with Gasteiger partial charge in [0.2, 0.25) is 0 Å². The zero-order chi connectivity index (χ0) is 9.14. The van der Waals surface area contributed by atoms with Gasteiger partial charge in [0.05, 0.1) is 4.92 Å². The Bertz CT molecular complexity index is 334. The first kappa shape index (κ1) is 8.26. The van der Waals surface area contributed by atoms with Crippen molar-refractivity contribution in [3.05, 3.63) is 40.5 Å². The smallest absolute Gasteiger partial charge is 0.271 e. The Balaban J connectivity index is 3.18. The van der Waals surface area contributed by atoms with Crippen LogP contribution in [-0.4, -0.2) is 4.92 Å². The number of hydrogen-bond acceptors (Lipinski definition) is 3. The van der Waals surface area contributed by atoms with Gasteiger partial charge in [0.1, 0.15) is 0 Å². The number of nitro groups is 1. The highest BCUT2D eigenvalue weighted by Gasteiger charge is 2.05. The molecule has 0 amide bonds. The molecule has 4 nitrogen and oxygen atoms in total. The minimum absolute atomic E-state index is 0.00176. The van der Waals surface area contributed by atoms with Crippen molar-refractivity contribution in [2.45, 2.75) is 0 Å². The van der Waals surface area contributed by atoms with E-state index in [9.17, 15) is 10.1 Å². The Morgan fingerprint density at radius 1 is 1.58 bits per heavy atom. The second-order valence-electron chi connectivity index (χ2n) is 2.27. The minimum Gasteiger partial charge on any atom is -0.398 e. The normalized spacial score (nSPS) is 9.33. The van der Waals surface area contributed by atoms with Crippen molar-refractivity contribution >= 4 is 17.5 Å². The molecule has 1 aromatic rings. The van der Waals surface area contributed by atoms with Gasteiger partial charge in [-0.25, -0.2) is 0 Å². The molecule has 0 bridgehead atoms. The van der Waals surface area contributed by atoms with Crippen molar-refractivity contribution in [1.82, 2.24) is 0 Å². The molecule has 0 spiro atoms. The third-order valence-electron chi connectivity index (χ3n) is 1.50. The van der Waals surface area contributed by atoms with Crippen molar-refractivity contribution < 1.29 is 4.92 Å². The SMILES string of the molecule is C=Cc1ccc([N+](=O)[O-])cc1N. The summed E-state index contributed by atoms with van der Waals surface area (Å²) >= 11 is 0. The molecule has 0 aliphatic carbocycles. The van der Waals surface area contributed by atoms with E-state index in [1.807, 2.05) is 0 Å². The number of rotatable bonds is 2. The van der Waals surface area contributed by atoms with Crippen LogP contribution >= 0.6 is 0 Å². The van der Waals surface area contributed by atoms with Crippen molar-refractivity contribution in [3.63, 3.8) is 0 Å². The van der Waals surface area contributed by atoms with E-state index in [-0.39, 0.29) is 5.69 Å². The van der Waals surface area contributed by atoms with Crippen molar-refractivity contribution in [1.29, 1.82) is 0 Å². The predicted octanol–water partition coefficient (Wildman–Crippen LogP) is 1.82. The number of nitro benzene ring substituents is 1. The lowest BCUT2D eigenvalue weighted by Gasteiger charge is -1.98. The van der Waals surface area contributed by atoms with Crippen LogP contribution in [0.2, 0.25) is 0 Å². The Kier molecular flexibility index (Phi) is 2.09. The third kappa shape index (κ3) is 1.42. The van der Waals surface area contributed by atoms with E-state index in [4.69, 9.17) is 5.73 Å². The number of anilines is 1. The number of nitrogens with two attached hydrogens (primary N) is 1. The molecule has 1 aromatic carbocycles. The molecule has 0 saturated carbocycles. The maximum Gasteiger partial charge on any atom is 0.271 e. The molecule has 62 valence electrons. The van der Waals surface area contributed by atoms with Crippen LogP contribution in [0, 0.1) is 10.1 Å². The fourth-order valence-electron chi connectivity index (χ4n) is 0.862. The van der Waals surface area contributed by atoms with Crippen LogP contribution in [-0.2, 0) is 0 Å². The molecule has 0 aliphatic heterocycles. The monoisotopic (exact) mass is 164 g/mol. The molecule has 1 rings (SSSR count). The molecule has 0 fully saturated rings. The Morgan fingerprint density at radius 3 is 2.67 bits per heavy atom. The molecule has 2 N–H and O–H groups in total. The molecule has 0 atom stereocenters. The molecule has 0 heterocycles. The summed E-state index contributed by atoms with van der Waals surface area (Å²) in [6.07, 6.45) is 1.55. The van der Waals surface area contributed by atoms with Crippen molar-refractivity contribution in [3.8, 4) is 0 Å². The minimum atomic E-state index is -0.483. The highest BCUT2D eigenvalue weighted by Crippen LogP contribution is 2.19. The maximum atomic E-state index is 10.3. The highest BCUT2D eigenvalue weighted by molar-refractivity contribution is 5.66. The molecule has 12 heavy (non-hydrogen) atoms.